The Kier molecular flexibility index (Phi) is 9.65. The van der Waals surface area contributed by atoms with Crippen molar-refractivity contribution >= 4 is 29.8 Å². The van der Waals surface area contributed by atoms with Crippen molar-refractivity contribution in [2.75, 3.05) is 13.7 Å². The lowest BCUT2D eigenvalue weighted by molar-refractivity contribution is 0.0424. The maximum absolute atomic E-state index is 13.3. The van der Waals surface area contributed by atoms with E-state index in [9.17, 15) is 4.79 Å². The molecule has 4 nitrogen and oxygen atoms in total. The fourth-order valence-electron chi connectivity index (χ4n) is 3.91. The molecule has 4 aromatic rings. The van der Waals surface area contributed by atoms with Crippen molar-refractivity contribution in [2.24, 2.45) is 0 Å². The third-order valence-electron chi connectivity index (χ3n) is 5.74. The number of benzene rings is 4. The van der Waals surface area contributed by atoms with E-state index in [2.05, 4.69) is 24.3 Å². The second-order valence-corrected chi connectivity index (χ2v) is 10.6. The number of hydrogen-bond acceptors (Lipinski definition) is 4. The van der Waals surface area contributed by atoms with Gasteiger partial charge in [-0.1, -0.05) is 97.1 Å². The van der Waals surface area contributed by atoms with Crippen molar-refractivity contribution < 1.29 is 19.0 Å². The maximum Gasteiger partial charge on any atom is 0.339 e. The standard InChI is InChI=1S/C32H31O4P/c1-25(12-11-23-35-24-26-19-21-27(34-2)22-20-26)36-32(33)30-17-9-10-18-31(30)37(28-13-5-3-6-14-28)29-15-7-4-8-16-29/h3-22,25H,23-24H2,1-2H3/b12-11-. The van der Waals surface area contributed by atoms with Gasteiger partial charge in [-0.05, 0) is 60.6 Å². The highest BCUT2D eigenvalue weighted by atomic mass is 31.1. The Morgan fingerprint density at radius 2 is 1.41 bits per heavy atom. The first kappa shape index (κ1) is 26.3. The number of rotatable bonds is 11. The normalized spacial score (nSPS) is 12.0. The molecule has 0 saturated heterocycles. The first-order valence-corrected chi connectivity index (χ1v) is 13.6. The molecule has 1 atom stereocenters. The third-order valence-corrected chi connectivity index (χ3v) is 8.24. The van der Waals surface area contributed by atoms with Crippen LogP contribution in [-0.4, -0.2) is 25.8 Å². The molecular weight excluding hydrogens is 479 g/mol. The van der Waals surface area contributed by atoms with Crippen LogP contribution in [0.1, 0.15) is 22.8 Å². The topological polar surface area (TPSA) is 44.8 Å². The molecule has 0 aliphatic heterocycles. The van der Waals surface area contributed by atoms with Gasteiger partial charge in [0.1, 0.15) is 11.9 Å². The van der Waals surface area contributed by atoms with Crippen molar-refractivity contribution in [2.45, 2.75) is 19.6 Å². The Morgan fingerprint density at radius 3 is 2.03 bits per heavy atom. The molecule has 0 bridgehead atoms. The van der Waals surface area contributed by atoms with Crippen LogP contribution in [0.25, 0.3) is 0 Å². The van der Waals surface area contributed by atoms with E-state index in [-0.39, 0.29) is 12.1 Å². The monoisotopic (exact) mass is 510 g/mol. The van der Waals surface area contributed by atoms with E-state index < -0.39 is 7.92 Å². The molecule has 0 saturated carbocycles. The molecule has 0 spiro atoms. The van der Waals surface area contributed by atoms with Gasteiger partial charge >= 0.3 is 5.97 Å². The van der Waals surface area contributed by atoms with E-state index in [0.29, 0.717) is 18.8 Å². The molecule has 5 heteroatoms. The van der Waals surface area contributed by atoms with Gasteiger partial charge in [0.05, 0.1) is 25.9 Å². The van der Waals surface area contributed by atoms with Gasteiger partial charge in [-0.15, -0.1) is 0 Å². The molecule has 0 aliphatic carbocycles. The number of esters is 1. The minimum atomic E-state index is -0.912. The molecule has 0 radical (unpaired) electrons. The predicted molar refractivity (Wildman–Crippen MR) is 152 cm³/mol. The van der Waals surface area contributed by atoms with E-state index in [1.807, 2.05) is 104 Å². The van der Waals surface area contributed by atoms with Gasteiger partial charge < -0.3 is 14.2 Å². The van der Waals surface area contributed by atoms with Gasteiger partial charge in [-0.25, -0.2) is 4.79 Å². The summed E-state index contributed by atoms with van der Waals surface area (Å²) in [5.74, 6) is 0.493. The lowest BCUT2D eigenvalue weighted by Crippen LogP contribution is -2.26. The Labute approximate surface area is 220 Å². The first-order valence-electron chi connectivity index (χ1n) is 12.2. The lowest BCUT2D eigenvalue weighted by atomic mass is 10.2. The zero-order valence-electron chi connectivity index (χ0n) is 21.1. The molecule has 0 heterocycles. The highest BCUT2D eigenvalue weighted by molar-refractivity contribution is 7.80. The average Bonchev–Trinajstić information content (AvgIpc) is 2.95. The zero-order chi connectivity index (χ0) is 25.9. The fourth-order valence-corrected chi connectivity index (χ4v) is 6.34. The number of hydrogen-bond donors (Lipinski definition) is 0. The summed E-state index contributed by atoms with van der Waals surface area (Å²) in [6.07, 6.45) is 3.35. The highest BCUT2D eigenvalue weighted by Gasteiger charge is 2.23. The van der Waals surface area contributed by atoms with Gasteiger partial charge in [0.25, 0.3) is 0 Å². The van der Waals surface area contributed by atoms with Gasteiger partial charge in [0, 0.05) is 0 Å². The lowest BCUT2D eigenvalue weighted by Gasteiger charge is -2.22. The Balaban J connectivity index is 1.41. The van der Waals surface area contributed by atoms with Gasteiger partial charge in [-0.3, -0.25) is 0 Å². The molecule has 4 rings (SSSR count). The third kappa shape index (κ3) is 7.39. The van der Waals surface area contributed by atoms with E-state index in [0.717, 1.165) is 16.6 Å². The van der Waals surface area contributed by atoms with E-state index in [1.165, 1.54) is 10.6 Å². The van der Waals surface area contributed by atoms with Crippen LogP contribution < -0.4 is 20.7 Å². The second kappa shape index (κ2) is 13.5. The van der Waals surface area contributed by atoms with Gasteiger partial charge in [-0.2, -0.15) is 0 Å². The van der Waals surface area contributed by atoms with Crippen LogP contribution in [0.15, 0.2) is 121 Å². The Hall–Kier alpha value is -3.72. The summed E-state index contributed by atoms with van der Waals surface area (Å²) >= 11 is 0. The van der Waals surface area contributed by atoms with Crippen LogP contribution in [0.5, 0.6) is 5.75 Å². The van der Waals surface area contributed by atoms with Crippen molar-refractivity contribution in [1.82, 2.24) is 0 Å². The van der Waals surface area contributed by atoms with Crippen LogP contribution in [-0.2, 0) is 16.1 Å². The van der Waals surface area contributed by atoms with Crippen LogP contribution in [0.3, 0.4) is 0 Å². The molecule has 188 valence electrons. The molecule has 0 aliphatic rings. The van der Waals surface area contributed by atoms with Crippen LogP contribution in [0, 0.1) is 0 Å². The van der Waals surface area contributed by atoms with Crippen molar-refractivity contribution in [3.05, 3.63) is 132 Å². The summed E-state index contributed by atoms with van der Waals surface area (Å²) in [6.45, 7) is 2.79. The number of carbonyl (C=O) groups excluding carboxylic acids is 1. The highest BCUT2D eigenvalue weighted by Crippen LogP contribution is 2.34. The Bertz CT molecular complexity index is 1250. The van der Waals surface area contributed by atoms with Gasteiger partial charge in [0.2, 0.25) is 0 Å². The average molecular weight is 511 g/mol. The van der Waals surface area contributed by atoms with E-state index in [4.69, 9.17) is 14.2 Å². The number of carbonyl (C=O) groups is 1. The van der Waals surface area contributed by atoms with Crippen molar-refractivity contribution in [3.63, 3.8) is 0 Å². The first-order chi connectivity index (χ1) is 18.2. The number of ether oxygens (including phenoxy) is 3. The summed E-state index contributed by atoms with van der Waals surface area (Å²) in [5.41, 5.74) is 1.66. The molecular formula is C32H31O4P. The summed E-state index contributed by atoms with van der Waals surface area (Å²) < 4.78 is 16.7. The quantitative estimate of drug-likeness (QED) is 0.111. The van der Waals surface area contributed by atoms with E-state index in [1.54, 1.807) is 7.11 Å². The second-order valence-electron chi connectivity index (χ2n) is 8.43. The van der Waals surface area contributed by atoms with E-state index >= 15 is 0 Å². The largest absolute Gasteiger partial charge is 0.497 e. The smallest absolute Gasteiger partial charge is 0.339 e. The molecule has 0 amide bonds. The van der Waals surface area contributed by atoms with Crippen molar-refractivity contribution in [3.8, 4) is 5.75 Å². The van der Waals surface area contributed by atoms with Crippen LogP contribution in [0.2, 0.25) is 0 Å². The number of methoxy groups -OCH3 is 1. The zero-order valence-corrected chi connectivity index (χ0v) is 22.0. The van der Waals surface area contributed by atoms with Crippen LogP contribution >= 0.6 is 7.92 Å². The van der Waals surface area contributed by atoms with Gasteiger partial charge in [0.15, 0.2) is 0 Å². The summed E-state index contributed by atoms with van der Waals surface area (Å²) in [6, 6.07) is 36.2. The summed E-state index contributed by atoms with van der Waals surface area (Å²) in [4.78, 5) is 13.3. The SMILES string of the molecule is COc1ccc(COC/C=C\C(C)OC(=O)c2ccccc2P(c2ccccc2)c2ccccc2)cc1. The summed E-state index contributed by atoms with van der Waals surface area (Å²) in [5, 5.41) is 3.36. The van der Waals surface area contributed by atoms with Crippen molar-refractivity contribution in [1.29, 1.82) is 0 Å². The van der Waals surface area contributed by atoms with Crippen LogP contribution in [0.4, 0.5) is 0 Å². The minimum Gasteiger partial charge on any atom is -0.497 e. The molecule has 0 fully saturated rings. The molecule has 0 aromatic heterocycles. The Morgan fingerprint density at radius 1 is 0.811 bits per heavy atom. The molecule has 0 N–H and O–H groups in total. The summed E-state index contributed by atoms with van der Waals surface area (Å²) in [7, 11) is 0.735. The predicted octanol–water partition coefficient (Wildman–Crippen LogP) is 5.77. The minimum absolute atomic E-state index is 0.328. The fraction of sp³-hybridized carbons (Fsp3) is 0.156. The molecule has 1 unspecified atom stereocenters. The molecule has 4 aromatic carbocycles. The maximum atomic E-state index is 13.3. The molecule has 37 heavy (non-hydrogen) atoms.